The predicted molar refractivity (Wildman–Crippen MR) is 129 cm³/mol. The van der Waals surface area contributed by atoms with E-state index in [1.54, 1.807) is 49.5 Å². The van der Waals surface area contributed by atoms with Crippen LogP contribution in [0.2, 0.25) is 5.02 Å². The summed E-state index contributed by atoms with van der Waals surface area (Å²) in [6.45, 7) is 3.58. The molecule has 0 aliphatic rings. The van der Waals surface area contributed by atoms with Crippen molar-refractivity contribution in [3.63, 3.8) is 0 Å². The van der Waals surface area contributed by atoms with E-state index in [2.05, 4.69) is 10.3 Å². The molecule has 0 aliphatic heterocycles. The number of hydrogen-bond donors (Lipinski definition) is 1. The normalized spacial score (nSPS) is 11.3. The fraction of sp³-hybridized carbons (Fsp3) is 0.292. The molecule has 180 valence electrons. The maximum Gasteiger partial charge on any atom is 0.359 e. The number of aromatic nitrogens is 2. The molecule has 34 heavy (non-hydrogen) atoms. The standard InChI is InChI=1S/C24H26ClFN4O4/c1-24(2,14-33-5)34-22(32)19-20(27-21(31)17-12-11-15(26)13-18(17)25)28-23(29(3)4)30(19)16-9-7-6-8-10-16/h6-13H,14H2,1-5H3,(H,27,31). The number of carbonyl (C=O) groups is 2. The van der Waals surface area contributed by atoms with Crippen LogP contribution in [0.4, 0.5) is 16.2 Å². The van der Waals surface area contributed by atoms with E-state index < -0.39 is 23.3 Å². The second-order valence-electron chi connectivity index (χ2n) is 8.33. The van der Waals surface area contributed by atoms with Crippen molar-refractivity contribution in [3.8, 4) is 5.69 Å². The number of nitrogens with one attached hydrogen (secondary N) is 1. The van der Waals surface area contributed by atoms with Crippen LogP contribution < -0.4 is 10.2 Å². The molecule has 0 spiro atoms. The zero-order valence-electron chi connectivity index (χ0n) is 19.6. The lowest BCUT2D eigenvalue weighted by atomic mass is 10.1. The largest absolute Gasteiger partial charge is 0.452 e. The molecule has 1 N–H and O–H groups in total. The van der Waals surface area contributed by atoms with Crippen molar-refractivity contribution in [2.45, 2.75) is 19.4 Å². The number of methoxy groups -OCH3 is 1. The molecule has 0 radical (unpaired) electrons. The second kappa shape index (κ2) is 10.2. The maximum atomic E-state index is 13.5. The molecule has 0 fully saturated rings. The SMILES string of the molecule is COCC(C)(C)OC(=O)c1c(NC(=O)c2ccc(F)cc2Cl)nc(N(C)C)n1-c1ccccc1. The molecule has 0 aliphatic carbocycles. The molecule has 8 nitrogen and oxygen atoms in total. The first-order valence-corrected chi connectivity index (χ1v) is 10.8. The number of esters is 1. The molecule has 0 bridgehead atoms. The number of amides is 1. The molecule has 10 heteroatoms. The summed E-state index contributed by atoms with van der Waals surface area (Å²) in [7, 11) is 5.02. The minimum absolute atomic E-state index is 0.00524. The van der Waals surface area contributed by atoms with Crippen molar-refractivity contribution in [1.29, 1.82) is 0 Å². The van der Waals surface area contributed by atoms with Crippen LogP contribution in [-0.4, -0.2) is 54.8 Å². The summed E-state index contributed by atoms with van der Waals surface area (Å²) >= 11 is 6.06. The lowest BCUT2D eigenvalue weighted by Crippen LogP contribution is -2.34. The van der Waals surface area contributed by atoms with Gasteiger partial charge in [-0.2, -0.15) is 4.98 Å². The Balaban J connectivity index is 2.14. The van der Waals surface area contributed by atoms with E-state index in [4.69, 9.17) is 21.1 Å². The number of ether oxygens (including phenoxy) is 2. The highest BCUT2D eigenvalue weighted by Crippen LogP contribution is 2.30. The summed E-state index contributed by atoms with van der Waals surface area (Å²) in [5.74, 6) is -1.60. The summed E-state index contributed by atoms with van der Waals surface area (Å²) in [5, 5.41) is 2.56. The fourth-order valence-electron chi connectivity index (χ4n) is 3.33. The van der Waals surface area contributed by atoms with E-state index in [1.807, 2.05) is 18.2 Å². The van der Waals surface area contributed by atoms with E-state index in [9.17, 15) is 14.0 Å². The number of benzene rings is 2. The number of anilines is 2. The molecular weight excluding hydrogens is 463 g/mol. The highest BCUT2D eigenvalue weighted by Gasteiger charge is 2.32. The summed E-state index contributed by atoms with van der Waals surface area (Å²) in [6.07, 6.45) is 0. The first kappa shape index (κ1) is 25.2. The predicted octanol–water partition coefficient (Wildman–Crippen LogP) is 4.56. The third-order valence-electron chi connectivity index (χ3n) is 4.74. The molecular formula is C24H26ClFN4O4. The van der Waals surface area contributed by atoms with Crippen molar-refractivity contribution < 1.29 is 23.5 Å². The molecule has 0 atom stereocenters. The van der Waals surface area contributed by atoms with Gasteiger partial charge in [0.15, 0.2) is 11.5 Å². The summed E-state index contributed by atoms with van der Waals surface area (Å²) in [4.78, 5) is 32.6. The Bertz CT molecular complexity index is 1200. The van der Waals surface area contributed by atoms with Crippen LogP contribution >= 0.6 is 11.6 Å². The Morgan fingerprint density at radius 2 is 1.85 bits per heavy atom. The molecule has 0 saturated carbocycles. The van der Waals surface area contributed by atoms with Crippen molar-refractivity contribution in [2.75, 3.05) is 38.0 Å². The van der Waals surface area contributed by atoms with Crippen molar-refractivity contribution in [2.24, 2.45) is 0 Å². The van der Waals surface area contributed by atoms with Gasteiger partial charge < -0.3 is 19.7 Å². The number of hydrogen-bond acceptors (Lipinski definition) is 6. The average molecular weight is 489 g/mol. The molecule has 1 amide bonds. The van der Waals surface area contributed by atoms with Gasteiger partial charge in [0.05, 0.1) is 17.2 Å². The van der Waals surface area contributed by atoms with Crippen LogP contribution in [0, 0.1) is 5.82 Å². The number of para-hydroxylation sites is 1. The van der Waals surface area contributed by atoms with Crippen LogP contribution in [0.25, 0.3) is 5.69 Å². The average Bonchev–Trinajstić information content (AvgIpc) is 3.13. The van der Waals surface area contributed by atoms with E-state index in [1.165, 1.54) is 13.2 Å². The van der Waals surface area contributed by atoms with Crippen LogP contribution in [0.3, 0.4) is 0 Å². The lowest BCUT2D eigenvalue weighted by molar-refractivity contribution is -0.0370. The van der Waals surface area contributed by atoms with E-state index in [0.717, 1.165) is 12.1 Å². The van der Waals surface area contributed by atoms with Crippen LogP contribution in [-0.2, 0) is 9.47 Å². The zero-order valence-corrected chi connectivity index (χ0v) is 20.3. The molecule has 0 unspecified atom stereocenters. The van der Waals surface area contributed by atoms with Gasteiger partial charge in [-0.1, -0.05) is 29.8 Å². The Kier molecular flexibility index (Phi) is 7.58. The smallest absolute Gasteiger partial charge is 0.359 e. The summed E-state index contributed by atoms with van der Waals surface area (Å²) in [6, 6.07) is 12.5. The van der Waals surface area contributed by atoms with Gasteiger partial charge in [-0.25, -0.2) is 9.18 Å². The Morgan fingerprint density at radius 3 is 2.44 bits per heavy atom. The van der Waals surface area contributed by atoms with Gasteiger partial charge in [0.1, 0.15) is 11.4 Å². The molecule has 1 heterocycles. The topological polar surface area (TPSA) is 85.7 Å². The summed E-state index contributed by atoms with van der Waals surface area (Å²) in [5.41, 5.74) is -0.277. The van der Waals surface area contributed by atoms with Gasteiger partial charge in [0, 0.05) is 26.9 Å². The van der Waals surface area contributed by atoms with Crippen molar-refractivity contribution in [3.05, 3.63) is 70.6 Å². The van der Waals surface area contributed by atoms with Crippen LogP contribution in [0.15, 0.2) is 48.5 Å². The molecule has 1 aromatic heterocycles. The highest BCUT2D eigenvalue weighted by molar-refractivity contribution is 6.34. The number of halogens is 2. The van der Waals surface area contributed by atoms with Gasteiger partial charge >= 0.3 is 5.97 Å². The molecule has 0 saturated heterocycles. The number of rotatable bonds is 8. The van der Waals surface area contributed by atoms with Gasteiger partial charge in [-0.05, 0) is 44.2 Å². The number of nitrogens with zero attached hydrogens (tertiary/aromatic N) is 3. The monoisotopic (exact) mass is 488 g/mol. The second-order valence-corrected chi connectivity index (χ2v) is 8.74. The van der Waals surface area contributed by atoms with Crippen molar-refractivity contribution >= 4 is 35.2 Å². The fourth-order valence-corrected chi connectivity index (χ4v) is 3.58. The molecule has 3 rings (SSSR count). The first-order chi connectivity index (χ1) is 16.0. The Labute approximate surface area is 202 Å². The van der Waals surface area contributed by atoms with Gasteiger partial charge in [0.25, 0.3) is 5.91 Å². The van der Waals surface area contributed by atoms with Gasteiger partial charge in [-0.15, -0.1) is 0 Å². The van der Waals surface area contributed by atoms with Gasteiger partial charge in [-0.3, -0.25) is 9.36 Å². The lowest BCUT2D eigenvalue weighted by Gasteiger charge is -2.25. The first-order valence-electron chi connectivity index (χ1n) is 10.4. The quantitative estimate of drug-likeness (QED) is 0.468. The molecule has 2 aromatic carbocycles. The third-order valence-corrected chi connectivity index (χ3v) is 5.05. The van der Waals surface area contributed by atoms with Crippen LogP contribution in [0.5, 0.6) is 0 Å². The number of carbonyl (C=O) groups excluding carboxylic acids is 2. The van der Waals surface area contributed by atoms with Gasteiger partial charge in [0.2, 0.25) is 5.95 Å². The third kappa shape index (κ3) is 5.55. The van der Waals surface area contributed by atoms with E-state index >= 15 is 0 Å². The van der Waals surface area contributed by atoms with E-state index in [-0.39, 0.29) is 28.7 Å². The van der Waals surface area contributed by atoms with Crippen LogP contribution in [0.1, 0.15) is 34.7 Å². The minimum Gasteiger partial charge on any atom is -0.452 e. The number of imidazole rings is 1. The Morgan fingerprint density at radius 1 is 1.18 bits per heavy atom. The molecule has 3 aromatic rings. The van der Waals surface area contributed by atoms with E-state index in [0.29, 0.717) is 11.6 Å². The highest BCUT2D eigenvalue weighted by atomic mass is 35.5. The Hall–Kier alpha value is -3.43. The maximum absolute atomic E-state index is 13.5. The zero-order chi connectivity index (χ0) is 25.0. The van der Waals surface area contributed by atoms with Crippen molar-refractivity contribution in [1.82, 2.24) is 9.55 Å². The summed E-state index contributed by atoms with van der Waals surface area (Å²) < 4.78 is 25.9. The minimum atomic E-state index is -0.947.